The fourth-order valence-corrected chi connectivity index (χ4v) is 4.25. The summed E-state index contributed by atoms with van der Waals surface area (Å²) in [5.41, 5.74) is 2.28. The molecule has 2 fully saturated rings. The van der Waals surface area contributed by atoms with Gasteiger partial charge in [0, 0.05) is 23.7 Å². The van der Waals surface area contributed by atoms with E-state index in [4.69, 9.17) is 11.6 Å². The molecular formula is C18H20ClN3O2. The number of aryl methyl sites for hydroxylation is 1. The Morgan fingerprint density at radius 3 is 2.75 bits per heavy atom. The van der Waals surface area contributed by atoms with Crippen LogP contribution < -0.4 is 5.32 Å². The molecule has 2 amide bonds. The summed E-state index contributed by atoms with van der Waals surface area (Å²) in [4.78, 5) is 19.2. The highest BCUT2D eigenvalue weighted by Gasteiger charge is 2.42. The molecule has 2 atom stereocenters. The molecule has 5 nitrogen and oxygen atoms in total. The minimum absolute atomic E-state index is 0.111. The first kappa shape index (κ1) is 15.7. The standard InChI is InChI=1S/C18H20ClN3O2/c1-10-9-20-17-14(16(10)19)3-2-4-15(17)21-18(24)22-11-5-6-12(22)8-13(23)7-11/h2-4,9,11-13,23H,5-8H2,1H3,(H,21,24). The monoisotopic (exact) mass is 345 g/mol. The maximum Gasteiger partial charge on any atom is 0.322 e. The average Bonchev–Trinajstić information content (AvgIpc) is 2.83. The molecule has 2 unspecified atom stereocenters. The zero-order valence-corrected chi connectivity index (χ0v) is 14.3. The van der Waals surface area contributed by atoms with E-state index in [2.05, 4.69) is 10.3 Å². The molecule has 2 aliphatic heterocycles. The van der Waals surface area contributed by atoms with E-state index in [1.807, 2.05) is 30.0 Å². The average molecular weight is 346 g/mol. The van der Waals surface area contributed by atoms with E-state index in [0.717, 1.165) is 23.8 Å². The summed E-state index contributed by atoms with van der Waals surface area (Å²) >= 11 is 6.36. The molecule has 3 heterocycles. The van der Waals surface area contributed by atoms with Crippen molar-refractivity contribution in [2.24, 2.45) is 0 Å². The van der Waals surface area contributed by atoms with Gasteiger partial charge in [0.2, 0.25) is 0 Å². The molecule has 1 aromatic carbocycles. The third-order valence-electron chi connectivity index (χ3n) is 5.19. The molecule has 2 aromatic rings. The van der Waals surface area contributed by atoms with Crippen LogP contribution in [0.25, 0.3) is 10.9 Å². The van der Waals surface area contributed by atoms with E-state index >= 15 is 0 Å². The van der Waals surface area contributed by atoms with Gasteiger partial charge in [0.1, 0.15) is 0 Å². The van der Waals surface area contributed by atoms with Crippen LogP contribution in [0.15, 0.2) is 24.4 Å². The van der Waals surface area contributed by atoms with Crippen molar-refractivity contribution in [3.8, 4) is 0 Å². The Bertz CT molecular complexity index is 796. The van der Waals surface area contributed by atoms with Gasteiger partial charge in [-0.2, -0.15) is 0 Å². The second-order valence-electron chi connectivity index (χ2n) is 6.80. The summed E-state index contributed by atoms with van der Waals surface area (Å²) in [6.07, 6.45) is 4.71. The van der Waals surface area contributed by atoms with Gasteiger partial charge < -0.3 is 15.3 Å². The third kappa shape index (κ3) is 2.52. The van der Waals surface area contributed by atoms with Gasteiger partial charge in [-0.3, -0.25) is 4.98 Å². The lowest BCUT2D eigenvalue weighted by Crippen LogP contribution is -2.49. The summed E-state index contributed by atoms with van der Waals surface area (Å²) in [5.74, 6) is 0. The molecule has 0 radical (unpaired) electrons. The summed E-state index contributed by atoms with van der Waals surface area (Å²) < 4.78 is 0. The zero-order chi connectivity index (χ0) is 16.8. The molecule has 24 heavy (non-hydrogen) atoms. The van der Waals surface area contributed by atoms with Gasteiger partial charge in [-0.25, -0.2) is 4.79 Å². The summed E-state index contributed by atoms with van der Waals surface area (Å²) in [7, 11) is 0. The number of amides is 2. The van der Waals surface area contributed by atoms with Crippen molar-refractivity contribution in [2.75, 3.05) is 5.32 Å². The summed E-state index contributed by atoms with van der Waals surface area (Å²) in [6, 6.07) is 5.79. The topological polar surface area (TPSA) is 65.5 Å². The highest BCUT2D eigenvalue weighted by atomic mass is 35.5. The number of aromatic nitrogens is 1. The number of nitrogens with one attached hydrogen (secondary N) is 1. The Morgan fingerprint density at radius 2 is 2.04 bits per heavy atom. The number of benzene rings is 1. The van der Waals surface area contributed by atoms with Crippen molar-refractivity contribution in [2.45, 2.75) is 50.8 Å². The highest BCUT2D eigenvalue weighted by Crippen LogP contribution is 2.36. The third-order valence-corrected chi connectivity index (χ3v) is 5.69. The predicted octanol–water partition coefficient (Wildman–Crippen LogP) is 3.72. The molecule has 0 spiro atoms. The number of fused-ring (bicyclic) bond motifs is 3. The van der Waals surface area contributed by atoms with Crippen molar-refractivity contribution < 1.29 is 9.90 Å². The van der Waals surface area contributed by atoms with Crippen LogP contribution in [0, 0.1) is 6.92 Å². The molecular weight excluding hydrogens is 326 g/mol. The van der Waals surface area contributed by atoms with E-state index in [0.29, 0.717) is 29.1 Å². The van der Waals surface area contributed by atoms with Crippen molar-refractivity contribution in [3.05, 3.63) is 35.0 Å². The van der Waals surface area contributed by atoms with Gasteiger partial charge >= 0.3 is 6.03 Å². The molecule has 4 rings (SSSR count). The van der Waals surface area contributed by atoms with Gasteiger partial charge in [0.25, 0.3) is 0 Å². The van der Waals surface area contributed by atoms with Gasteiger partial charge in [0.15, 0.2) is 0 Å². The van der Waals surface area contributed by atoms with Crippen LogP contribution in [0.3, 0.4) is 0 Å². The number of pyridine rings is 1. The fraction of sp³-hybridized carbons (Fsp3) is 0.444. The van der Waals surface area contributed by atoms with E-state index in [9.17, 15) is 9.90 Å². The number of rotatable bonds is 1. The van der Waals surface area contributed by atoms with Crippen molar-refractivity contribution >= 4 is 34.2 Å². The maximum atomic E-state index is 12.8. The van der Waals surface area contributed by atoms with Crippen LogP contribution in [0.4, 0.5) is 10.5 Å². The van der Waals surface area contributed by atoms with Crippen LogP contribution >= 0.6 is 11.6 Å². The molecule has 6 heteroatoms. The molecule has 0 aliphatic carbocycles. The number of carbonyl (C=O) groups is 1. The Kier molecular flexibility index (Phi) is 3.85. The molecule has 1 aromatic heterocycles. The number of para-hydroxylation sites is 1. The molecule has 2 bridgehead atoms. The van der Waals surface area contributed by atoms with Crippen molar-refractivity contribution in [3.63, 3.8) is 0 Å². The quantitative estimate of drug-likeness (QED) is 0.828. The van der Waals surface area contributed by atoms with Crippen LogP contribution in [0.2, 0.25) is 5.02 Å². The number of nitrogens with zero attached hydrogens (tertiary/aromatic N) is 2. The van der Waals surface area contributed by atoms with Gasteiger partial charge in [-0.15, -0.1) is 0 Å². The number of aliphatic hydroxyl groups excluding tert-OH is 1. The normalized spacial score (nSPS) is 26.0. The maximum absolute atomic E-state index is 12.8. The van der Waals surface area contributed by atoms with Crippen LogP contribution in [0.5, 0.6) is 0 Å². The van der Waals surface area contributed by atoms with Crippen LogP contribution in [0.1, 0.15) is 31.2 Å². The van der Waals surface area contributed by atoms with E-state index in [-0.39, 0.29) is 24.2 Å². The Balaban J connectivity index is 1.63. The SMILES string of the molecule is Cc1cnc2c(NC(=O)N3C4CCC3CC(O)C4)cccc2c1Cl. The Hall–Kier alpha value is -1.85. The highest BCUT2D eigenvalue weighted by molar-refractivity contribution is 6.36. The van der Waals surface area contributed by atoms with Crippen LogP contribution in [-0.4, -0.2) is 39.2 Å². The van der Waals surface area contributed by atoms with Gasteiger partial charge in [-0.05, 0) is 44.2 Å². The second-order valence-corrected chi connectivity index (χ2v) is 7.18. The lowest BCUT2D eigenvalue weighted by atomic mass is 10.0. The van der Waals surface area contributed by atoms with Gasteiger partial charge in [-0.1, -0.05) is 23.7 Å². The number of piperidine rings is 1. The first-order valence-electron chi connectivity index (χ1n) is 8.36. The zero-order valence-electron chi connectivity index (χ0n) is 13.5. The number of hydrogen-bond donors (Lipinski definition) is 2. The number of urea groups is 1. The number of aliphatic hydroxyl groups is 1. The number of halogens is 1. The predicted molar refractivity (Wildman–Crippen MR) is 94.4 cm³/mol. The summed E-state index contributed by atoms with van der Waals surface area (Å²) in [6.45, 7) is 1.91. The lowest BCUT2D eigenvalue weighted by Gasteiger charge is -2.37. The first-order valence-corrected chi connectivity index (χ1v) is 8.73. The van der Waals surface area contributed by atoms with Crippen molar-refractivity contribution in [1.29, 1.82) is 0 Å². The molecule has 126 valence electrons. The minimum Gasteiger partial charge on any atom is -0.393 e. The minimum atomic E-state index is -0.285. The van der Waals surface area contributed by atoms with Crippen molar-refractivity contribution in [1.82, 2.24) is 9.88 Å². The second kappa shape index (κ2) is 5.90. The van der Waals surface area contributed by atoms with Crippen LogP contribution in [-0.2, 0) is 0 Å². The lowest BCUT2D eigenvalue weighted by molar-refractivity contribution is 0.0580. The van der Waals surface area contributed by atoms with E-state index in [1.165, 1.54) is 0 Å². The smallest absolute Gasteiger partial charge is 0.322 e. The number of carbonyl (C=O) groups excluding carboxylic acids is 1. The number of hydrogen-bond acceptors (Lipinski definition) is 3. The Morgan fingerprint density at radius 1 is 1.33 bits per heavy atom. The Labute approximate surface area is 145 Å². The van der Waals surface area contributed by atoms with E-state index in [1.54, 1.807) is 6.20 Å². The molecule has 2 aliphatic rings. The summed E-state index contributed by atoms with van der Waals surface area (Å²) in [5, 5.41) is 14.4. The fourth-order valence-electron chi connectivity index (χ4n) is 4.05. The first-order chi connectivity index (χ1) is 11.5. The molecule has 2 saturated heterocycles. The molecule has 2 N–H and O–H groups in total. The molecule has 0 saturated carbocycles. The largest absolute Gasteiger partial charge is 0.393 e. The number of anilines is 1. The van der Waals surface area contributed by atoms with Gasteiger partial charge in [0.05, 0.1) is 22.3 Å². The van der Waals surface area contributed by atoms with E-state index < -0.39 is 0 Å².